The van der Waals surface area contributed by atoms with Crippen LogP contribution in [-0.2, 0) is 14.3 Å². The summed E-state index contributed by atoms with van der Waals surface area (Å²) >= 11 is 0. The standard InChI is InChI=1S/C14H16O4/c1-17-13-9-11(7-8-12(13)15)18-14(16)10-5-3-2-4-6-10/h2-6,11,13H,7-9H2,1H3/t11-,13+/m1/s1. The number of ketones is 1. The highest BCUT2D eigenvalue weighted by atomic mass is 16.5. The number of carbonyl (C=O) groups excluding carboxylic acids is 2. The monoisotopic (exact) mass is 248 g/mol. The Balaban J connectivity index is 1.94. The maximum absolute atomic E-state index is 11.8. The number of benzene rings is 1. The van der Waals surface area contributed by atoms with E-state index in [0.29, 0.717) is 24.8 Å². The van der Waals surface area contributed by atoms with Crippen LogP contribution in [0.5, 0.6) is 0 Å². The fraction of sp³-hybridized carbons (Fsp3) is 0.429. The van der Waals surface area contributed by atoms with Crippen molar-refractivity contribution < 1.29 is 19.1 Å². The first-order chi connectivity index (χ1) is 8.70. The van der Waals surface area contributed by atoms with Crippen LogP contribution in [0.25, 0.3) is 0 Å². The van der Waals surface area contributed by atoms with E-state index in [1.165, 1.54) is 7.11 Å². The number of hydrogen-bond acceptors (Lipinski definition) is 4. The third-order valence-electron chi connectivity index (χ3n) is 3.12. The molecule has 0 spiro atoms. The van der Waals surface area contributed by atoms with Crippen LogP contribution < -0.4 is 0 Å². The lowest BCUT2D eigenvalue weighted by Gasteiger charge is -2.26. The second-order valence-corrected chi connectivity index (χ2v) is 4.36. The number of carbonyl (C=O) groups is 2. The van der Waals surface area contributed by atoms with Crippen molar-refractivity contribution in [3.05, 3.63) is 35.9 Å². The zero-order valence-electron chi connectivity index (χ0n) is 10.3. The summed E-state index contributed by atoms with van der Waals surface area (Å²) in [6.07, 6.45) is 0.767. The van der Waals surface area contributed by atoms with Gasteiger partial charge in [-0.3, -0.25) is 4.79 Å². The van der Waals surface area contributed by atoms with E-state index in [4.69, 9.17) is 9.47 Å². The van der Waals surface area contributed by atoms with Crippen LogP contribution in [0.4, 0.5) is 0 Å². The van der Waals surface area contributed by atoms with Gasteiger partial charge in [-0.2, -0.15) is 0 Å². The minimum absolute atomic E-state index is 0.0875. The summed E-state index contributed by atoms with van der Waals surface area (Å²) in [6.45, 7) is 0. The van der Waals surface area contributed by atoms with Gasteiger partial charge in [0.1, 0.15) is 12.2 Å². The molecule has 4 heteroatoms. The maximum atomic E-state index is 11.8. The van der Waals surface area contributed by atoms with Gasteiger partial charge in [-0.05, 0) is 18.6 Å². The summed E-state index contributed by atoms with van der Waals surface area (Å²) in [6, 6.07) is 8.85. The maximum Gasteiger partial charge on any atom is 0.338 e. The van der Waals surface area contributed by atoms with E-state index in [0.717, 1.165) is 0 Å². The van der Waals surface area contributed by atoms with E-state index >= 15 is 0 Å². The van der Waals surface area contributed by atoms with Gasteiger partial charge in [0.15, 0.2) is 5.78 Å². The number of esters is 1. The zero-order valence-corrected chi connectivity index (χ0v) is 10.3. The van der Waals surface area contributed by atoms with Crippen LogP contribution in [0.1, 0.15) is 29.6 Å². The molecule has 0 radical (unpaired) electrons. The van der Waals surface area contributed by atoms with E-state index in [1.54, 1.807) is 24.3 Å². The van der Waals surface area contributed by atoms with E-state index < -0.39 is 6.10 Å². The van der Waals surface area contributed by atoms with E-state index in [9.17, 15) is 9.59 Å². The molecule has 0 aliphatic heterocycles. The predicted molar refractivity (Wildman–Crippen MR) is 65.3 cm³/mol. The lowest BCUT2D eigenvalue weighted by molar-refractivity contribution is -0.134. The Morgan fingerprint density at radius 1 is 1.28 bits per heavy atom. The molecule has 2 rings (SSSR count). The van der Waals surface area contributed by atoms with Crippen LogP contribution in [0.15, 0.2) is 30.3 Å². The van der Waals surface area contributed by atoms with Gasteiger partial charge < -0.3 is 9.47 Å². The molecule has 0 aromatic heterocycles. The fourth-order valence-electron chi connectivity index (χ4n) is 2.08. The Labute approximate surface area is 106 Å². The molecule has 96 valence electrons. The fourth-order valence-corrected chi connectivity index (χ4v) is 2.08. The molecule has 1 aliphatic rings. The van der Waals surface area contributed by atoms with Crippen molar-refractivity contribution in [3.63, 3.8) is 0 Å². The van der Waals surface area contributed by atoms with Crippen molar-refractivity contribution in [3.8, 4) is 0 Å². The Morgan fingerprint density at radius 2 is 2.00 bits per heavy atom. The minimum atomic E-state index is -0.438. The van der Waals surface area contributed by atoms with Crippen molar-refractivity contribution in [2.45, 2.75) is 31.5 Å². The smallest absolute Gasteiger partial charge is 0.338 e. The van der Waals surface area contributed by atoms with Gasteiger partial charge in [-0.25, -0.2) is 4.79 Å². The molecule has 18 heavy (non-hydrogen) atoms. The molecule has 0 N–H and O–H groups in total. The molecule has 0 bridgehead atoms. The van der Waals surface area contributed by atoms with E-state index in [1.807, 2.05) is 6.07 Å². The van der Waals surface area contributed by atoms with Crippen LogP contribution in [0, 0.1) is 0 Å². The van der Waals surface area contributed by atoms with Crippen molar-refractivity contribution in [1.29, 1.82) is 0 Å². The summed E-state index contributed by atoms with van der Waals surface area (Å²) < 4.78 is 10.5. The topological polar surface area (TPSA) is 52.6 Å². The molecular weight excluding hydrogens is 232 g/mol. The lowest BCUT2D eigenvalue weighted by Crippen LogP contribution is -2.36. The van der Waals surface area contributed by atoms with Gasteiger partial charge in [0.25, 0.3) is 0 Å². The highest BCUT2D eigenvalue weighted by Crippen LogP contribution is 2.21. The van der Waals surface area contributed by atoms with Crippen LogP contribution in [-0.4, -0.2) is 31.1 Å². The number of Topliss-reactive ketones (excluding diaryl/α,β-unsaturated/α-hetero) is 1. The Bertz CT molecular complexity index is 427. The first-order valence-electron chi connectivity index (χ1n) is 6.02. The molecule has 0 unspecified atom stereocenters. The number of hydrogen-bond donors (Lipinski definition) is 0. The molecular formula is C14H16O4. The lowest BCUT2D eigenvalue weighted by atomic mass is 9.93. The summed E-state index contributed by atoms with van der Waals surface area (Å²) in [5.41, 5.74) is 0.531. The molecule has 1 fully saturated rings. The third-order valence-corrected chi connectivity index (χ3v) is 3.12. The number of methoxy groups -OCH3 is 1. The van der Waals surface area contributed by atoms with E-state index in [2.05, 4.69) is 0 Å². The first kappa shape index (κ1) is 12.8. The van der Waals surface area contributed by atoms with Crippen LogP contribution in [0.2, 0.25) is 0 Å². The summed E-state index contributed by atoms with van der Waals surface area (Å²) in [4.78, 5) is 23.3. The van der Waals surface area contributed by atoms with Gasteiger partial charge >= 0.3 is 5.97 Å². The molecule has 4 nitrogen and oxygen atoms in total. The molecule has 1 aromatic rings. The van der Waals surface area contributed by atoms with Crippen molar-refractivity contribution in [2.75, 3.05) is 7.11 Å². The molecule has 2 atom stereocenters. The van der Waals surface area contributed by atoms with Gasteiger partial charge in [0.2, 0.25) is 0 Å². The highest BCUT2D eigenvalue weighted by molar-refractivity contribution is 5.89. The predicted octanol–water partition coefficient (Wildman–Crippen LogP) is 1.98. The Morgan fingerprint density at radius 3 is 2.67 bits per heavy atom. The molecule has 1 saturated carbocycles. The normalized spacial score (nSPS) is 23.7. The van der Waals surface area contributed by atoms with Crippen molar-refractivity contribution in [2.24, 2.45) is 0 Å². The quantitative estimate of drug-likeness (QED) is 0.767. The van der Waals surface area contributed by atoms with E-state index in [-0.39, 0.29) is 17.9 Å². The second-order valence-electron chi connectivity index (χ2n) is 4.36. The first-order valence-corrected chi connectivity index (χ1v) is 6.02. The summed E-state index contributed by atoms with van der Waals surface area (Å²) in [5.74, 6) is -0.255. The van der Waals surface area contributed by atoms with Gasteiger partial charge in [-0.1, -0.05) is 18.2 Å². The minimum Gasteiger partial charge on any atom is -0.459 e. The Kier molecular flexibility index (Phi) is 4.10. The van der Waals surface area contributed by atoms with Gasteiger partial charge in [0, 0.05) is 20.0 Å². The average molecular weight is 248 g/mol. The number of ether oxygens (including phenoxy) is 2. The number of rotatable bonds is 3. The summed E-state index contributed by atoms with van der Waals surface area (Å²) in [7, 11) is 1.50. The highest BCUT2D eigenvalue weighted by Gasteiger charge is 2.30. The van der Waals surface area contributed by atoms with Crippen molar-refractivity contribution >= 4 is 11.8 Å². The SMILES string of the molecule is CO[C@H]1C[C@H](OC(=O)c2ccccc2)CCC1=O. The molecule has 0 amide bonds. The second kappa shape index (κ2) is 5.78. The third kappa shape index (κ3) is 2.96. The summed E-state index contributed by atoms with van der Waals surface area (Å²) in [5, 5.41) is 0. The zero-order chi connectivity index (χ0) is 13.0. The van der Waals surface area contributed by atoms with Gasteiger partial charge in [0.05, 0.1) is 5.56 Å². The average Bonchev–Trinajstić information content (AvgIpc) is 2.42. The molecule has 0 saturated heterocycles. The molecule has 0 heterocycles. The van der Waals surface area contributed by atoms with Gasteiger partial charge in [-0.15, -0.1) is 0 Å². The molecule has 1 aliphatic carbocycles. The van der Waals surface area contributed by atoms with Crippen LogP contribution in [0.3, 0.4) is 0 Å². The van der Waals surface area contributed by atoms with Crippen LogP contribution >= 0.6 is 0 Å². The largest absolute Gasteiger partial charge is 0.459 e. The van der Waals surface area contributed by atoms with Crippen molar-refractivity contribution in [1.82, 2.24) is 0 Å². The molecule has 1 aromatic carbocycles. The Hall–Kier alpha value is -1.68.